The molecule has 0 radical (unpaired) electrons. The van der Waals surface area contributed by atoms with Gasteiger partial charge in [-0.2, -0.15) is 9.78 Å². The van der Waals surface area contributed by atoms with Crippen LogP contribution in [0.1, 0.15) is 16.7 Å². The second kappa shape index (κ2) is 11.2. The predicted octanol–water partition coefficient (Wildman–Crippen LogP) is 6.35. The maximum atomic E-state index is 6.21. The lowest BCUT2D eigenvalue weighted by atomic mass is 10.2. The lowest BCUT2D eigenvalue weighted by Gasteiger charge is -2.12. The molecule has 0 fully saturated rings. The molecule has 3 aromatic carbocycles. The Labute approximate surface area is 206 Å². The zero-order valence-corrected chi connectivity index (χ0v) is 20.0. The Hall–Kier alpha value is -3.00. The van der Waals surface area contributed by atoms with Gasteiger partial charge in [-0.3, -0.25) is 0 Å². The lowest BCUT2D eigenvalue weighted by Crippen LogP contribution is -1.99. The third-order valence-electron chi connectivity index (χ3n) is 4.64. The number of ether oxygens (including phenoxy) is 2. The van der Waals surface area contributed by atoms with E-state index in [2.05, 4.69) is 15.3 Å². The summed E-state index contributed by atoms with van der Waals surface area (Å²) < 4.78 is 13.0. The van der Waals surface area contributed by atoms with E-state index in [1.54, 1.807) is 36.1 Å². The highest BCUT2D eigenvalue weighted by molar-refractivity contribution is 7.98. The number of halogens is 2. The average Bonchev–Trinajstić information content (AvgIpc) is 3.29. The molecule has 9 heteroatoms. The largest absolute Gasteiger partial charge is 0.493 e. The van der Waals surface area contributed by atoms with Crippen molar-refractivity contribution in [3.63, 3.8) is 0 Å². The van der Waals surface area contributed by atoms with Crippen LogP contribution in [0.15, 0.2) is 83.3 Å². The summed E-state index contributed by atoms with van der Waals surface area (Å²) in [5.41, 5.74) is 2.89. The number of thioether (sulfide) groups is 1. The van der Waals surface area contributed by atoms with Crippen molar-refractivity contribution in [3.8, 4) is 11.5 Å². The predicted molar refractivity (Wildman–Crippen MR) is 133 cm³/mol. The maximum Gasteiger partial charge on any atom is 0.212 e. The molecule has 0 aliphatic carbocycles. The molecule has 0 saturated heterocycles. The number of methoxy groups -OCH3 is 1. The molecule has 0 bridgehead atoms. The van der Waals surface area contributed by atoms with Gasteiger partial charge in [0.1, 0.15) is 12.9 Å². The number of rotatable bonds is 9. The fourth-order valence-corrected chi connectivity index (χ4v) is 4.04. The average molecular weight is 499 g/mol. The van der Waals surface area contributed by atoms with Crippen LogP contribution in [0.3, 0.4) is 0 Å². The summed E-state index contributed by atoms with van der Waals surface area (Å²) in [5.74, 6) is 1.96. The van der Waals surface area contributed by atoms with E-state index >= 15 is 0 Å². The summed E-state index contributed by atoms with van der Waals surface area (Å²) in [6.07, 6.45) is 3.29. The van der Waals surface area contributed by atoms with Gasteiger partial charge in [0, 0.05) is 21.4 Å². The third-order valence-corrected chi connectivity index (χ3v) is 6.27. The van der Waals surface area contributed by atoms with Gasteiger partial charge >= 0.3 is 0 Å². The molecule has 0 atom stereocenters. The van der Waals surface area contributed by atoms with E-state index in [4.69, 9.17) is 32.7 Å². The summed E-state index contributed by atoms with van der Waals surface area (Å²) in [6.45, 7) is 0.346. The second-order valence-electron chi connectivity index (χ2n) is 6.91. The quantitative estimate of drug-likeness (QED) is 0.199. The molecule has 0 aliphatic heterocycles. The normalized spacial score (nSPS) is 11.1. The summed E-state index contributed by atoms with van der Waals surface area (Å²) in [6, 6.07) is 20.9. The SMILES string of the molecule is COc1cc(/C=N/n2cnnc2SCc2ccc(Cl)cc2)ccc1OCc1ccccc1Cl. The molecule has 6 nitrogen and oxygen atoms in total. The van der Waals surface area contributed by atoms with Crippen molar-refractivity contribution in [3.05, 3.63) is 99.8 Å². The summed E-state index contributed by atoms with van der Waals surface area (Å²) in [5, 5.41) is 14.7. The van der Waals surface area contributed by atoms with Crippen molar-refractivity contribution in [2.45, 2.75) is 17.5 Å². The molecule has 33 heavy (non-hydrogen) atoms. The molecule has 0 amide bonds. The van der Waals surface area contributed by atoms with Crippen LogP contribution in [-0.2, 0) is 12.4 Å². The first-order chi connectivity index (χ1) is 16.1. The summed E-state index contributed by atoms with van der Waals surface area (Å²) >= 11 is 13.7. The highest BCUT2D eigenvalue weighted by Gasteiger charge is 2.08. The molecule has 4 aromatic rings. The molecule has 0 spiro atoms. The standard InChI is InChI=1S/C24H20Cl2N4O2S/c1-31-23-12-18(8-11-22(23)32-14-19-4-2-3-5-21(19)26)13-28-30-16-27-29-24(30)33-15-17-6-9-20(25)10-7-17/h2-13,16H,14-15H2,1H3/b28-13+. The molecule has 0 unspecified atom stereocenters. The first-order valence-electron chi connectivity index (χ1n) is 9.98. The van der Waals surface area contributed by atoms with E-state index in [-0.39, 0.29) is 0 Å². The molecule has 0 aliphatic rings. The van der Waals surface area contributed by atoms with Crippen LogP contribution in [0.2, 0.25) is 10.0 Å². The Kier molecular flexibility index (Phi) is 7.88. The third kappa shape index (κ3) is 6.28. The first kappa shape index (κ1) is 23.2. The van der Waals surface area contributed by atoms with Gasteiger partial charge in [-0.05, 0) is 47.5 Å². The molecule has 1 heterocycles. The number of hydrogen-bond acceptors (Lipinski definition) is 6. The van der Waals surface area contributed by atoms with E-state index in [0.717, 1.165) is 22.4 Å². The Bertz CT molecular complexity index is 1250. The van der Waals surface area contributed by atoms with E-state index in [1.165, 1.54) is 0 Å². The van der Waals surface area contributed by atoms with Gasteiger partial charge in [-0.15, -0.1) is 10.2 Å². The second-order valence-corrected chi connectivity index (χ2v) is 8.69. The summed E-state index contributed by atoms with van der Waals surface area (Å²) in [4.78, 5) is 0. The fourth-order valence-electron chi connectivity index (χ4n) is 2.91. The smallest absolute Gasteiger partial charge is 0.212 e. The van der Waals surface area contributed by atoms with Crippen LogP contribution < -0.4 is 9.47 Å². The van der Waals surface area contributed by atoms with Gasteiger partial charge in [-0.25, -0.2) is 0 Å². The Morgan fingerprint density at radius 1 is 1.03 bits per heavy atom. The van der Waals surface area contributed by atoms with Gasteiger partial charge in [-0.1, -0.05) is 65.3 Å². The topological polar surface area (TPSA) is 61.5 Å². The lowest BCUT2D eigenvalue weighted by molar-refractivity contribution is 0.284. The van der Waals surface area contributed by atoms with Crippen molar-refractivity contribution in [2.24, 2.45) is 5.10 Å². The number of nitrogens with zero attached hydrogens (tertiary/aromatic N) is 4. The van der Waals surface area contributed by atoms with E-state index < -0.39 is 0 Å². The van der Waals surface area contributed by atoms with Crippen molar-refractivity contribution in [2.75, 3.05) is 7.11 Å². The zero-order chi connectivity index (χ0) is 23.0. The van der Waals surface area contributed by atoms with Crippen LogP contribution in [0.5, 0.6) is 11.5 Å². The first-order valence-corrected chi connectivity index (χ1v) is 11.7. The van der Waals surface area contributed by atoms with Crippen LogP contribution in [0.25, 0.3) is 0 Å². The van der Waals surface area contributed by atoms with Crippen molar-refractivity contribution >= 4 is 41.2 Å². The molecule has 0 N–H and O–H groups in total. The van der Waals surface area contributed by atoms with Crippen molar-refractivity contribution in [1.82, 2.24) is 14.9 Å². The van der Waals surface area contributed by atoms with Crippen LogP contribution in [-0.4, -0.2) is 28.2 Å². The monoisotopic (exact) mass is 498 g/mol. The molecule has 168 valence electrons. The van der Waals surface area contributed by atoms with E-state index in [9.17, 15) is 0 Å². The summed E-state index contributed by atoms with van der Waals surface area (Å²) in [7, 11) is 1.60. The molecule has 4 rings (SSSR count). The van der Waals surface area contributed by atoms with E-state index in [1.807, 2.05) is 66.7 Å². The molecular formula is C24H20Cl2N4O2S. The van der Waals surface area contributed by atoms with Crippen molar-refractivity contribution in [1.29, 1.82) is 0 Å². The van der Waals surface area contributed by atoms with Gasteiger partial charge < -0.3 is 9.47 Å². The van der Waals surface area contributed by atoms with Gasteiger partial charge in [0.05, 0.1) is 13.3 Å². The van der Waals surface area contributed by atoms with Gasteiger partial charge in [0.25, 0.3) is 0 Å². The highest BCUT2D eigenvalue weighted by atomic mass is 35.5. The van der Waals surface area contributed by atoms with Crippen LogP contribution in [0, 0.1) is 0 Å². The Morgan fingerprint density at radius 3 is 2.64 bits per heavy atom. The van der Waals surface area contributed by atoms with Crippen LogP contribution in [0.4, 0.5) is 0 Å². The molecule has 1 aromatic heterocycles. The van der Waals surface area contributed by atoms with Crippen LogP contribution >= 0.6 is 35.0 Å². The highest BCUT2D eigenvalue weighted by Crippen LogP contribution is 2.29. The number of hydrogen-bond donors (Lipinski definition) is 0. The minimum absolute atomic E-state index is 0.346. The minimum Gasteiger partial charge on any atom is -0.493 e. The van der Waals surface area contributed by atoms with E-state index in [0.29, 0.717) is 33.3 Å². The minimum atomic E-state index is 0.346. The zero-order valence-electron chi connectivity index (χ0n) is 17.7. The number of benzene rings is 3. The number of aromatic nitrogens is 3. The maximum absolute atomic E-state index is 6.21. The Morgan fingerprint density at radius 2 is 1.85 bits per heavy atom. The van der Waals surface area contributed by atoms with Gasteiger partial charge in [0.2, 0.25) is 5.16 Å². The van der Waals surface area contributed by atoms with Gasteiger partial charge in [0.15, 0.2) is 11.5 Å². The molecular weight excluding hydrogens is 479 g/mol. The fraction of sp³-hybridized carbons (Fsp3) is 0.125. The van der Waals surface area contributed by atoms with Crippen molar-refractivity contribution < 1.29 is 9.47 Å². The Balaban J connectivity index is 1.41. The molecule has 0 saturated carbocycles.